The number of benzene rings is 2. The molecule has 0 saturated heterocycles. The fourth-order valence-electron chi connectivity index (χ4n) is 2.48. The number of hydrazine groups is 1. The fraction of sp³-hybridized carbons (Fsp3) is 0.0556. The summed E-state index contributed by atoms with van der Waals surface area (Å²) in [6, 6.07) is 9.72. The normalized spacial score (nSPS) is 10.5. The third-order valence-electron chi connectivity index (χ3n) is 3.62. The average Bonchev–Trinajstić information content (AvgIpc) is 2.59. The van der Waals surface area contributed by atoms with Crippen LogP contribution in [0.15, 0.2) is 42.6 Å². The van der Waals surface area contributed by atoms with Crippen molar-refractivity contribution >= 4 is 68.9 Å². The van der Waals surface area contributed by atoms with Gasteiger partial charge in [-0.05, 0) is 30.3 Å². The number of fused-ring (bicyclic) bond motifs is 1. The van der Waals surface area contributed by atoms with Crippen molar-refractivity contribution in [3.8, 4) is 0 Å². The van der Waals surface area contributed by atoms with Gasteiger partial charge in [0, 0.05) is 23.5 Å². The summed E-state index contributed by atoms with van der Waals surface area (Å²) >= 11 is 18.4. The molecule has 138 valence electrons. The van der Waals surface area contributed by atoms with Crippen LogP contribution in [-0.2, 0) is 4.79 Å². The predicted octanol–water partition coefficient (Wildman–Crippen LogP) is 4.91. The van der Waals surface area contributed by atoms with Gasteiger partial charge in [0.05, 0.1) is 32.5 Å². The molecule has 0 fully saturated rings. The highest BCUT2D eigenvalue weighted by Gasteiger charge is 2.17. The molecule has 6 nitrogen and oxygen atoms in total. The lowest BCUT2D eigenvalue weighted by molar-refractivity contribution is -0.118. The molecular weight excluding hydrogens is 411 g/mol. The molecule has 2 amide bonds. The van der Waals surface area contributed by atoms with Crippen LogP contribution in [0.5, 0.6) is 0 Å². The Labute approximate surface area is 169 Å². The van der Waals surface area contributed by atoms with Crippen molar-refractivity contribution in [2.24, 2.45) is 0 Å². The van der Waals surface area contributed by atoms with Gasteiger partial charge in [-0.2, -0.15) is 0 Å². The largest absolute Gasteiger partial charge is 0.320 e. The maximum Gasteiger partial charge on any atom is 0.258 e. The molecule has 0 aliphatic rings. The summed E-state index contributed by atoms with van der Waals surface area (Å²) in [6.07, 6.45) is 1.54. The Kier molecular flexibility index (Phi) is 5.70. The first-order valence-corrected chi connectivity index (χ1v) is 8.86. The lowest BCUT2D eigenvalue weighted by Crippen LogP contribution is -2.26. The van der Waals surface area contributed by atoms with Crippen LogP contribution in [0.4, 0.5) is 11.4 Å². The predicted molar refractivity (Wildman–Crippen MR) is 109 cm³/mol. The second-order valence-electron chi connectivity index (χ2n) is 5.56. The van der Waals surface area contributed by atoms with Crippen molar-refractivity contribution in [3.05, 3.63) is 63.2 Å². The summed E-state index contributed by atoms with van der Waals surface area (Å²) in [7, 11) is 0. The molecule has 2 aromatic carbocycles. The minimum absolute atomic E-state index is 0.154. The number of carbonyl (C=O) groups excluding carboxylic acids is 2. The van der Waals surface area contributed by atoms with Gasteiger partial charge in [0.15, 0.2) is 0 Å². The first-order valence-electron chi connectivity index (χ1n) is 7.73. The Bertz CT molecular complexity index is 1040. The van der Waals surface area contributed by atoms with E-state index in [-0.39, 0.29) is 21.5 Å². The standard InChI is InChI=1S/C18H13Cl3N4O2/c1-9(26)24-25-14-5-6-22-17-11(14)7-10(19)8-15(17)23-18(27)16-12(20)3-2-4-13(16)21/h2-8H,1H3,(H,22,25)(H,23,27)(H,24,26). The second kappa shape index (κ2) is 8.00. The molecule has 0 bridgehead atoms. The van der Waals surface area contributed by atoms with Crippen LogP contribution in [-0.4, -0.2) is 16.8 Å². The highest BCUT2D eigenvalue weighted by molar-refractivity contribution is 6.40. The zero-order valence-corrected chi connectivity index (χ0v) is 16.2. The van der Waals surface area contributed by atoms with E-state index < -0.39 is 5.91 Å². The molecule has 27 heavy (non-hydrogen) atoms. The summed E-state index contributed by atoms with van der Waals surface area (Å²) in [4.78, 5) is 28.2. The van der Waals surface area contributed by atoms with Gasteiger partial charge in [-0.1, -0.05) is 40.9 Å². The molecule has 0 unspecified atom stereocenters. The van der Waals surface area contributed by atoms with E-state index >= 15 is 0 Å². The number of hydrogen-bond donors (Lipinski definition) is 3. The number of hydrogen-bond acceptors (Lipinski definition) is 4. The van der Waals surface area contributed by atoms with Crippen LogP contribution in [0, 0.1) is 0 Å². The summed E-state index contributed by atoms with van der Waals surface area (Å²) in [5.41, 5.74) is 6.87. The van der Waals surface area contributed by atoms with Gasteiger partial charge in [-0.25, -0.2) is 0 Å². The smallest absolute Gasteiger partial charge is 0.258 e. The van der Waals surface area contributed by atoms with E-state index in [2.05, 4.69) is 21.2 Å². The lowest BCUT2D eigenvalue weighted by Gasteiger charge is -2.14. The van der Waals surface area contributed by atoms with Gasteiger partial charge in [0.2, 0.25) is 5.91 Å². The van der Waals surface area contributed by atoms with Crippen molar-refractivity contribution in [1.82, 2.24) is 10.4 Å². The number of nitrogens with one attached hydrogen (secondary N) is 3. The van der Waals surface area contributed by atoms with Gasteiger partial charge in [0.25, 0.3) is 5.91 Å². The highest BCUT2D eigenvalue weighted by atomic mass is 35.5. The lowest BCUT2D eigenvalue weighted by atomic mass is 10.1. The first kappa shape index (κ1) is 19.2. The minimum atomic E-state index is -0.490. The molecule has 0 spiro atoms. The van der Waals surface area contributed by atoms with Gasteiger partial charge < -0.3 is 5.32 Å². The molecule has 0 saturated carbocycles. The SMILES string of the molecule is CC(=O)NNc1ccnc2c(NC(=O)c3c(Cl)cccc3Cl)cc(Cl)cc12. The Morgan fingerprint density at radius 1 is 1.00 bits per heavy atom. The monoisotopic (exact) mass is 422 g/mol. The van der Waals surface area contributed by atoms with Crippen LogP contribution < -0.4 is 16.2 Å². The van der Waals surface area contributed by atoms with Crippen LogP contribution >= 0.6 is 34.8 Å². The van der Waals surface area contributed by atoms with Crippen molar-refractivity contribution < 1.29 is 9.59 Å². The number of anilines is 2. The van der Waals surface area contributed by atoms with E-state index in [0.29, 0.717) is 27.3 Å². The van der Waals surface area contributed by atoms with Gasteiger partial charge in [0.1, 0.15) is 0 Å². The van der Waals surface area contributed by atoms with E-state index in [4.69, 9.17) is 34.8 Å². The van der Waals surface area contributed by atoms with Gasteiger partial charge in [-0.15, -0.1) is 0 Å². The maximum absolute atomic E-state index is 12.7. The summed E-state index contributed by atoms with van der Waals surface area (Å²) in [5, 5.41) is 4.19. The number of nitrogens with zero attached hydrogens (tertiary/aromatic N) is 1. The van der Waals surface area contributed by atoms with E-state index in [9.17, 15) is 9.59 Å². The molecule has 0 aliphatic heterocycles. The van der Waals surface area contributed by atoms with E-state index in [1.54, 1.807) is 42.6 Å². The maximum atomic E-state index is 12.7. The average molecular weight is 424 g/mol. The number of carbonyl (C=O) groups is 2. The molecule has 3 aromatic rings. The molecule has 1 aromatic heterocycles. The number of amides is 2. The molecule has 1 heterocycles. The van der Waals surface area contributed by atoms with E-state index in [1.165, 1.54) is 6.92 Å². The Morgan fingerprint density at radius 2 is 1.70 bits per heavy atom. The third kappa shape index (κ3) is 4.24. The second-order valence-corrected chi connectivity index (χ2v) is 6.82. The molecule has 9 heteroatoms. The number of halogens is 3. The minimum Gasteiger partial charge on any atom is -0.320 e. The van der Waals surface area contributed by atoms with Crippen LogP contribution in [0.2, 0.25) is 15.1 Å². The Balaban J connectivity index is 2.03. The molecule has 3 rings (SSSR count). The summed E-state index contributed by atoms with van der Waals surface area (Å²) in [6.45, 7) is 1.38. The van der Waals surface area contributed by atoms with Crippen molar-refractivity contribution in [2.45, 2.75) is 6.92 Å². The summed E-state index contributed by atoms with van der Waals surface area (Å²) < 4.78 is 0. The quantitative estimate of drug-likeness (QED) is 0.521. The number of aromatic nitrogens is 1. The topological polar surface area (TPSA) is 83.1 Å². The molecule has 0 aliphatic carbocycles. The zero-order valence-electron chi connectivity index (χ0n) is 13.9. The van der Waals surface area contributed by atoms with E-state index in [1.807, 2.05) is 0 Å². The van der Waals surface area contributed by atoms with Crippen LogP contribution in [0.25, 0.3) is 10.9 Å². The summed E-state index contributed by atoms with van der Waals surface area (Å²) in [5.74, 6) is -0.750. The molecule has 0 radical (unpaired) electrons. The molecular formula is C18H13Cl3N4O2. The molecule has 3 N–H and O–H groups in total. The van der Waals surface area contributed by atoms with Gasteiger partial charge >= 0.3 is 0 Å². The van der Waals surface area contributed by atoms with Crippen LogP contribution in [0.3, 0.4) is 0 Å². The van der Waals surface area contributed by atoms with Crippen molar-refractivity contribution in [3.63, 3.8) is 0 Å². The van der Waals surface area contributed by atoms with Gasteiger partial charge in [-0.3, -0.25) is 25.4 Å². The Hall–Kier alpha value is -2.54. The van der Waals surface area contributed by atoms with Crippen molar-refractivity contribution in [2.75, 3.05) is 10.7 Å². The van der Waals surface area contributed by atoms with E-state index in [0.717, 1.165) is 0 Å². The number of pyridine rings is 1. The Morgan fingerprint density at radius 3 is 2.37 bits per heavy atom. The highest BCUT2D eigenvalue weighted by Crippen LogP contribution is 2.32. The molecule has 0 atom stereocenters. The zero-order chi connectivity index (χ0) is 19.6. The first-order chi connectivity index (χ1) is 12.9. The van der Waals surface area contributed by atoms with Crippen LogP contribution in [0.1, 0.15) is 17.3 Å². The third-order valence-corrected chi connectivity index (χ3v) is 4.47. The van der Waals surface area contributed by atoms with Crippen molar-refractivity contribution in [1.29, 1.82) is 0 Å². The number of rotatable bonds is 4. The fourth-order valence-corrected chi connectivity index (χ4v) is 3.27.